The Morgan fingerprint density at radius 3 is 2.02 bits per heavy atom. The van der Waals surface area contributed by atoms with E-state index >= 15 is 0 Å². The summed E-state index contributed by atoms with van der Waals surface area (Å²) in [5, 5.41) is 13.0. The lowest BCUT2D eigenvalue weighted by atomic mass is 9.89. The van der Waals surface area contributed by atoms with E-state index < -0.39 is 0 Å². The smallest absolute Gasteiger partial charge is 0.256 e. The predicted octanol–water partition coefficient (Wildman–Crippen LogP) is 5.64. The van der Waals surface area contributed by atoms with Crippen molar-refractivity contribution < 1.29 is 42.6 Å². The summed E-state index contributed by atoms with van der Waals surface area (Å²) in [6, 6.07) is 7.67. The quantitative estimate of drug-likeness (QED) is 0.0663. The van der Waals surface area contributed by atoms with Crippen LogP contribution in [0.4, 0.5) is 11.6 Å². The first kappa shape index (κ1) is 47.0. The standard InChI is InChI=1S/C44H64ClN9O9/c1-33(27-52-32-46-31-49-52)63-42-24-34(4-11-40(42)45)35-25-47-44(48-26-35)50-41-28-53(36-5-7-37(8-6-36)54-38-9-10-39(54)30-61-29-38)51-43(41)62-13-3-12-56-16-17-58-20-21-60-23-22-59-19-18-57-15-14-55-2/h4,11,24-26,28,31-33,36-39H,3,5-10,12-23,27,29-30H2,1-2H3,(H,47,48,50)/t33-,36-,37-,38-,39+/m0/s1. The number of ether oxygens (including phenoxy) is 9. The molecule has 63 heavy (non-hydrogen) atoms. The molecule has 18 nitrogen and oxygen atoms in total. The molecule has 7 rings (SSSR count). The van der Waals surface area contributed by atoms with Crippen molar-refractivity contribution in [3.63, 3.8) is 0 Å². The number of hydrogen-bond acceptors (Lipinski definition) is 16. The lowest BCUT2D eigenvalue weighted by Crippen LogP contribution is -2.52. The fourth-order valence-electron chi connectivity index (χ4n) is 8.37. The van der Waals surface area contributed by atoms with Crippen LogP contribution in [0.25, 0.3) is 11.1 Å². The van der Waals surface area contributed by atoms with E-state index in [0.29, 0.717) is 133 Å². The van der Waals surface area contributed by atoms with Crippen molar-refractivity contribution in [1.29, 1.82) is 0 Å². The molecular formula is C44H64ClN9O9. The molecule has 0 unspecified atom stereocenters. The van der Waals surface area contributed by atoms with E-state index in [0.717, 1.165) is 55.7 Å². The van der Waals surface area contributed by atoms with Gasteiger partial charge in [-0.05, 0) is 63.1 Å². The Hall–Kier alpha value is -3.98. The fraction of sp³-hybridized carbons (Fsp3) is 0.659. The molecule has 0 amide bonds. The molecule has 1 aromatic carbocycles. The third kappa shape index (κ3) is 14.5. The van der Waals surface area contributed by atoms with Gasteiger partial charge in [-0.1, -0.05) is 17.7 Å². The summed E-state index contributed by atoms with van der Waals surface area (Å²) in [6.45, 7) is 10.4. The normalized spacial score (nSPS) is 20.6. The van der Waals surface area contributed by atoms with Gasteiger partial charge in [0.1, 0.15) is 30.2 Å². The van der Waals surface area contributed by atoms with Crippen LogP contribution in [0, 0.1) is 0 Å². The molecule has 1 saturated carbocycles. The molecule has 1 N–H and O–H groups in total. The largest absolute Gasteiger partial charge is 0.487 e. The van der Waals surface area contributed by atoms with Crippen molar-refractivity contribution >= 4 is 23.2 Å². The van der Waals surface area contributed by atoms with E-state index in [1.165, 1.54) is 19.2 Å². The van der Waals surface area contributed by atoms with E-state index in [1.807, 2.05) is 31.3 Å². The van der Waals surface area contributed by atoms with Crippen LogP contribution < -0.4 is 14.8 Å². The zero-order valence-corrected chi connectivity index (χ0v) is 37.4. The molecule has 0 spiro atoms. The molecule has 3 aliphatic rings. The van der Waals surface area contributed by atoms with Crippen molar-refractivity contribution in [2.75, 3.05) is 105 Å². The topological polar surface area (TPSA) is 173 Å². The van der Waals surface area contributed by atoms with Gasteiger partial charge in [-0.2, -0.15) is 5.10 Å². The van der Waals surface area contributed by atoms with Gasteiger partial charge in [0.25, 0.3) is 5.88 Å². The van der Waals surface area contributed by atoms with E-state index in [9.17, 15) is 0 Å². The van der Waals surface area contributed by atoms with Gasteiger partial charge in [-0.3, -0.25) is 9.58 Å². The van der Waals surface area contributed by atoms with Crippen LogP contribution in [0.1, 0.15) is 57.9 Å². The molecule has 2 aliphatic heterocycles. The SMILES string of the molecule is COCCOCCOCCOCCOCCOCCCOc1nn([C@H]2CC[C@H](N3[C@@H]4CC[C@H]3COC4)CC2)cc1Nc1ncc(-c2ccc(Cl)c(O[C@@H](C)Cn3cncn3)c2)cn1. The molecular weight excluding hydrogens is 834 g/mol. The highest BCUT2D eigenvalue weighted by atomic mass is 35.5. The summed E-state index contributed by atoms with van der Waals surface area (Å²) in [4.78, 5) is 16.1. The van der Waals surface area contributed by atoms with Crippen molar-refractivity contribution in [2.24, 2.45) is 0 Å². The third-order valence-electron chi connectivity index (χ3n) is 11.5. The number of morpholine rings is 1. The number of methoxy groups -OCH3 is 1. The van der Waals surface area contributed by atoms with E-state index in [4.69, 9.17) is 59.3 Å². The van der Waals surface area contributed by atoms with Gasteiger partial charge in [-0.15, -0.1) is 5.10 Å². The van der Waals surface area contributed by atoms with E-state index in [-0.39, 0.29) is 12.1 Å². The first-order valence-electron chi connectivity index (χ1n) is 22.4. The second-order valence-electron chi connectivity index (χ2n) is 16.0. The number of anilines is 2. The van der Waals surface area contributed by atoms with Gasteiger partial charge in [0.05, 0.1) is 110 Å². The molecule has 2 bridgehead atoms. The van der Waals surface area contributed by atoms with Gasteiger partial charge < -0.3 is 47.9 Å². The van der Waals surface area contributed by atoms with Crippen LogP contribution in [0.2, 0.25) is 5.02 Å². The average molecular weight is 899 g/mol. The molecule has 19 heteroatoms. The lowest BCUT2D eigenvalue weighted by Gasteiger charge is -2.43. The monoisotopic (exact) mass is 897 g/mol. The van der Waals surface area contributed by atoms with Crippen molar-refractivity contribution in [3.8, 4) is 22.8 Å². The number of aromatic nitrogens is 7. The molecule has 3 aromatic heterocycles. The number of halogens is 1. The minimum absolute atomic E-state index is 0.182. The number of fused-ring (bicyclic) bond motifs is 2. The summed E-state index contributed by atoms with van der Waals surface area (Å²) in [6.07, 6.45) is 16.2. The first-order valence-corrected chi connectivity index (χ1v) is 22.7. The Bertz CT molecular complexity index is 1870. The molecule has 0 radical (unpaired) electrons. The van der Waals surface area contributed by atoms with Crippen LogP contribution >= 0.6 is 11.6 Å². The second-order valence-corrected chi connectivity index (χ2v) is 16.4. The van der Waals surface area contributed by atoms with Crippen LogP contribution in [-0.2, 0) is 39.7 Å². The molecule has 3 atom stereocenters. The zero-order chi connectivity index (χ0) is 43.5. The number of hydrogen-bond donors (Lipinski definition) is 1. The molecule has 4 aromatic rings. The zero-order valence-electron chi connectivity index (χ0n) is 36.7. The summed E-state index contributed by atoms with van der Waals surface area (Å²) < 4.78 is 54.9. The maximum atomic E-state index is 6.52. The summed E-state index contributed by atoms with van der Waals surface area (Å²) >= 11 is 6.52. The van der Waals surface area contributed by atoms with Crippen LogP contribution in [-0.4, -0.2) is 163 Å². The number of benzene rings is 1. The maximum absolute atomic E-state index is 6.52. The second kappa shape index (κ2) is 25.5. The fourth-order valence-corrected chi connectivity index (χ4v) is 8.53. The van der Waals surface area contributed by atoms with Crippen LogP contribution in [0.15, 0.2) is 49.4 Å². The minimum Gasteiger partial charge on any atom is -0.487 e. The van der Waals surface area contributed by atoms with E-state index in [2.05, 4.69) is 34.9 Å². The Labute approximate surface area is 375 Å². The van der Waals surface area contributed by atoms with Gasteiger partial charge in [0.15, 0.2) is 0 Å². The summed E-state index contributed by atoms with van der Waals surface area (Å²) in [5.41, 5.74) is 2.41. The van der Waals surface area contributed by atoms with Gasteiger partial charge in [0, 0.05) is 56.2 Å². The van der Waals surface area contributed by atoms with Crippen molar-refractivity contribution in [1.82, 2.24) is 39.4 Å². The first-order chi connectivity index (χ1) is 31.0. The maximum Gasteiger partial charge on any atom is 0.256 e. The van der Waals surface area contributed by atoms with Gasteiger partial charge >= 0.3 is 0 Å². The van der Waals surface area contributed by atoms with Crippen LogP contribution in [0.3, 0.4) is 0 Å². The molecule has 2 saturated heterocycles. The van der Waals surface area contributed by atoms with E-state index in [1.54, 1.807) is 30.5 Å². The molecule has 3 fully saturated rings. The Kier molecular flexibility index (Phi) is 19.0. The highest BCUT2D eigenvalue weighted by Gasteiger charge is 2.42. The van der Waals surface area contributed by atoms with Crippen LogP contribution in [0.5, 0.6) is 11.6 Å². The Morgan fingerprint density at radius 2 is 1.38 bits per heavy atom. The summed E-state index contributed by atoms with van der Waals surface area (Å²) in [7, 11) is 1.65. The predicted molar refractivity (Wildman–Crippen MR) is 235 cm³/mol. The Balaban J connectivity index is 0.870. The highest BCUT2D eigenvalue weighted by Crippen LogP contribution is 2.40. The molecule has 5 heterocycles. The highest BCUT2D eigenvalue weighted by molar-refractivity contribution is 6.32. The van der Waals surface area contributed by atoms with Gasteiger partial charge in [0.2, 0.25) is 5.95 Å². The third-order valence-corrected chi connectivity index (χ3v) is 11.8. The Morgan fingerprint density at radius 1 is 0.762 bits per heavy atom. The van der Waals surface area contributed by atoms with Gasteiger partial charge in [-0.25, -0.2) is 19.6 Å². The van der Waals surface area contributed by atoms with Crippen molar-refractivity contribution in [3.05, 3.63) is 54.5 Å². The molecule has 1 aliphatic carbocycles. The number of nitrogens with one attached hydrogen (secondary N) is 1. The lowest BCUT2D eigenvalue weighted by molar-refractivity contribution is -0.0458. The number of rotatable bonds is 29. The van der Waals surface area contributed by atoms with Crippen molar-refractivity contribution in [2.45, 2.75) is 88.7 Å². The minimum atomic E-state index is -0.182. The summed E-state index contributed by atoms with van der Waals surface area (Å²) in [5.74, 6) is 1.52. The number of nitrogens with zero attached hydrogens (tertiary/aromatic N) is 8. The molecule has 346 valence electrons. The average Bonchev–Trinajstić information content (AvgIpc) is 4.03.